The number of fused-ring (bicyclic) bond motifs is 1. The Morgan fingerprint density at radius 3 is 2.59 bits per heavy atom. The summed E-state index contributed by atoms with van der Waals surface area (Å²) in [5.74, 6) is -0.205. The smallest absolute Gasteiger partial charge is 0.417 e. The number of methoxy groups -OCH3 is 1. The molecule has 3 aromatic rings. The number of nitrogens with zero attached hydrogens (tertiary/aromatic N) is 3. The average molecular weight is 429 g/mol. The highest BCUT2D eigenvalue weighted by molar-refractivity contribution is 6.32. The maximum absolute atomic E-state index is 13.4. The molecule has 11 heteroatoms. The van der Waals surface area contributed by atoms with Crippen molar-refractivity contribution in [1.29, 1.82) is 0 Å². The number of anilines is 1. The van der Waals surface area contributed by atoms with E-state index in [0.717, 1.165) is 9.25 Å². The summed E-state index contributed by atoms with van der Waals surface area (Å²) in [6.07, 6.45) is -4.73. The van der Waals surface area contributed by atoms with Gasteiger partial charge in [-0.1, -0.05) is 11.6 Å². The lowest BCUT2D eigenvalue weighted by Gasteiger charge is -2.14. The van der Waals surface area contributed by atoms with E-state index < -0.39 is 29.8 Å². The van der Waals surface area contributed by atoms with Crippen LogP contribution in [0.3, 0.4) is 0 Å². The number of aromatic nitrogens is 3. The zero-order chi connectivity index (χ0) is 21.5. The van der Waals surface area contributed by atoms with E-state index in [1.54, 1.807) is 12.1 Å². The Kier molecular flexibility index (Phi) is 5.31. The molecule has 29 heavy (non-hydrogen) atoms. The minimum Gasteiger partial charge on any atom is -0.495 e. The first-order chi connectivity index (χ1) is 13.5. The fourth-order valence-electron chi connectivity index (χ4n) is 3.11. The number of hydrogen-bond donors (Lipinski definition) is 1. The third-order valence-corrected chi connectivity index (χ3v) is 4.59. The van der Waals surface area contributed by atoms with Gasteiger partial charge in [0.2, 0.25) is 5.91 Å². The molecular formula is C18H16ClF3N4O3. The van der Waals surface area contributed by atoms with Gasteiger partial charge in [-0.3, -0.25) is 18.8 Å². The normalized spacial score (nSPS) is 11.7. The van der Waals surface area contributed by atoms with Gasteiger partial charge >= 0.3 is 6.18 Å². The van der Waals surface area contributed by atoms with Crippen molar-refractivity contribution in [3.8, 4) is 5.75 Å². The minimum absolute atomic E-state index is 0.0924. The second-order valence-corrected chi connectivity index (χ2v) is 6.69. The van der Waals surface area contributed by atoms with Gasteiger partial charge in [0.15, 0.2) is 0 Å². The number of hydrogen-bond acceptors (Lipinski definition) is 4. The second-order valence-electron chi connectivity index (χ2n) is 6.29. The molecule has 0 unspecified atom stereocenters. The van der Waals surface area contributed by atoms with Crippen LogP contribution in [-0.2, 0) is 24.6 Å². The van der Waals surface area contributed by atoms with Crippen LogP contribution in [0.5, 0.6) is 5.75 Å². The quantitative estimate of drug-likeness (QED) is 0.691. The predicted octanol–water partition coefficient (Wildman–Crippen LogP) is 3.36. The summed E-state index contributed by atoms with van der Waals surface area (Å²) in [5, 5.41) is 6.58. The predicted molar refractivity (Wildman–Crippen MR) is 101 cm³/mol. The Morgan fingerprint density at radius 2 is 2.00 bits per heavy atom. The zero-order valence-corrected chi connectivity index (χ0v) is 16.4. The molecule has 0 spiro atoms. The second kappa shape index (κ2) is 7.43. The van der Waals surface area contributed by atoms with E-state index in [4.69, 9.17) is 16.3 Å². The summed E-state index contributed by atoms with van der Waals surface area (Å²) in [6.45, 7) is 0.905. The molecule has 0 aliphatic heterocycles. The summed E-state index contributed by atoms with van der Waals surface area (Å²) in [6, 6.07) is 5.03. The van der Waals surface area contributed by atoms with Gasteiger partial charge in [0, 0.05) is 18.8 Å². The van der Waals surface area contributed by atoms with Gasteiger partial charge in [0.25, 0.3) is 5.56 Å². The fourth-order valence-corrected chi connectivity index (χ4v) is 3.37. The molecule has 0 aliphatic carbocycles. The first-order valence-corrected chi connectivity index (χ1v) is 8.68. The van der Waals surface area contributed by atoms with Crippen LogP contribution in [0.2, 0.25) is 5.02 Å². The Morgan fingerprint density at radius 1 is 1.31 bits per heavy atom. The maximum Gasteiger partial charge on any atom is 0.417 e. The van der Waals surface area contributed by atoms with Crippen LogP contribution >= 0.6 is 11.6 Å². The molecule has 1 N–H and O–H groups in total. The molecule has 0 saturated heterocycles. The van der Waals surface area contributed by atoms with E-state index in [-0.39, 0.29) is 21.7 Å². The highest BCUT2D eigenvalue weighted by atomic mass is 35.5. The van der Waals surface area contributed by atoms with Crippen LogP contribution in [0.15, 0.2) is 29.1 Å². The average Bonchev–Trinajstić information content (AvgIpc) is 2.90. The van der Waals surface area contributed by atoms with Gasteiger partial charge in [-0.2, -0.15) is 18.3 Å². The standard InChI is InChI=1S/C18H16ClF3N4O3/c1-9-16-11(18(20,21)22)7-15(28)26(17(16)25(2)24-9)8-14(27)23-10-4-5-13(29-3)12(19)6-10/h4-7H,8H2,1-3H3,(H,23,27). The summed E-state index contributed by atoms with van der Waals surface area (Å²) < 4.78 is 47.3. The number of carbonyl (C=O) groups is 1. The molecule has 0 saturated carbocycles. The van der Waals surface area contributed by atoms with Gasteiger partial charge in [-0.25, -0.2) is 0 Å². The minimum atomic E-state index is -4.73. The lowest BCUT2D eigenvalue weighted by Crippen LogP contribution is -2.30. The largest absolute Gasteiger partial charge is 0.495 e. The molecule has 154 valence electrons. The molecule has 1 amide bonds. The molecule has 3 rings (SSSR count). The molecule has 0 aliphatic rings. The number of nitrogens with one attached hydrogen (secondary N) is 1. The van der Waals surface area contributed by atoms with Gasteiger partial charge in [0.1, 0.15) is 17.9 Å². The van der Waals surface area contributed by atoms with Crippen molar-refractivity contribution in [2.24, 2.45) is 7.05 Å². The van der Waals surface area contributed by atoms with E-state index >= 15 is 0 Å². The molecule has 0 fully saturated rings. The highest BCUT2D eigenvalue weighted by Crippen LogP contribution is 2.35. The number of benzene rings is 1. The summed E-state index contributed by atoms with van der Waals surface area (Å²) in [4.78, 5) is 24.8. The number of alkyl halides is 3. The highest BCUT2D eigenvalue weighted by Gasteiger charge is 2.36. The van der Waals surface area contributed by atoms with Crippen molar-refractivity contribution >= 4 is 34.2 Å². The lowest BCUT2D eigenvalue weighted by molar-refractivity contribution is -0.136. The van der Waals surface area contributed by atoms with Crippen LogP contribution in [-0.4, -0.2) is 27.4 Å². The van der Waals surface area contributed by atoms with Crippen LogP contribution in [0.1, 0.15) is 11.3 Å². The van der Waals surface area contributed by atoms with E-state index in [2.05, 4.69) is 10.4 Å². The maximum atomic E-state index is 13.4. The number of pyridine rings is 1. The number of ether oxygens (including phenoxy) is 1. The van der Waals surface area contributed by atoms with Crippen molar-refractivity contribution in [3.05, 3.63) is 50.9 Å². The van der Waals surface area contributed by atoms with Crippen LogP contribution in [0.4, 0.5) is 18.9 Å². The Labute approximate surface area is 167 Å². The van der Waals surface area contributed by atoms with Crippen LogP contribution in [0.25, 0.3) is 11.0 Å². The number of carbonyl (C=O) groups excluding carboxylic acids is 1. The van der Waals surface area contributed by atoms with Crippen molar-refractivity contribution in [3.63, 3.8) is 0 Å². The molecule has 1 aromatic carbocycles. The van der Waals surface area contributed by atoms with E-state index in [9.17, 15) is 22.8 Å². The van der Waals surface area contributed by atoms with E-state index in [1.165, 1.54) is 27.1 Å². The zero-order valence-electron chi connectivity index (χ0n) is 15.6. The molecule has 2 aromatic heterocycles. The first-order valence-electron chi connectivity index (χ1n) is 8.30. The monoisotopic (exact) mass is 428 g/mol. The molecule has 2 heterocycles. The molecule has 0 radical (unpaired) electrons. The van der Waals surface area contributed by atoms with Gasteiger partial charge in [-0.15, -0.1) is 0 Å². The van der Waals surface area contributed by atoms with Crippen molar-refractivity contribution in [1.82, 2.24) is 14.3 Å². The third-order valence-electron chi connectivity index (χ3n) is 4.29. The fraction of sp³-hybridized carbons (Fsp3) is 0.278. The topological polar surface area (TPSA) is 78.2 Å². The van der Waals surface area contributed by atoms with E-state index in [1.807, 2.05) is 0 Å². The van der Waals surface area contributed by atoms with Gasteiger partial charge in [0.05, 0.1) is 28.8 Å². The summed E-state index contributed by atoms with van der Waals surface area (Å²) in [5.41, 5.74) is -1.69. The van der Waals surface area contributed by atoms with Crippen molar-refractivity contribution in [2.75, 3.05) is 12.4 Å². The number of halogens is 4. The van der Waals surface area contributed by atoms with E-state index in [0.29, 0.717) is 17.5 Å². The van der Waals surface area contributed by atoms with Crippen LogP contribution in [0, 0.1) is 6.92 Å². The molecule has 0 bridgehead atoms. The number of aryl methyl sites for hydroxylation is 2. The van der Waals surface area contributed by atoms with Crippen molar-refractivity contribution < 1.29 is 22.7 Å². The molecule has 0 atom stereocenters. The van der Waals surface area contributed by atoms with Gasteiger partial charge in [-0.05, 0) is 25.1 Å². The first kappa shape index (κ1) is 20.7. The number of amides is 1. The molecule has 7 nitrogen and oxygen atoms in total. The van der Waals surface area contributed by atoms with Crippen molar-refractivity contribution in [2.45, 2.75) is 19.6 Å². The lowest BCUT2D eigenvalue weighted by atomic mass is 10.1. The Balaban J connectivity index is 2.00. The number of rotatable bonds is 4. The third kappa shape index (κ3) is 3.93. The van der Waals surface area contributed by atoms with Crippen LogP contribution < -0.4 is 15.6 Å². The summed E-state index contributed by atoms with van der Waals surface area (Å²) in [7, 11) is 2.85. The Bertz CT molecular complexity index is 1170. The van der Waals surface area contributed by atoms with Gasteiger partial charge < -0.3 is 10.1 Å². The SMILES string of the molecule is COc1ccc(NC(=O)Cn2c(=O)cc(C(F)(F)F)c3c(C)nn(C)c32)cc1Cl. The summed E-state index contributed by atoms with van der Waals surface area (Å²) >= 11 is 6.01. The Hall–Kier alpha value is -3.01. The molecular weight excluding hydrogens is 413 g/mol.